The molecule has 0 amide bonds. The van der Waals surface area contributed by atoms with E-state index in [0.29, 0.717) is 6.42 Å². The van der Waals surface area contributed by atoms with Gasteiger partial charge in [0.1, 0.15) is 0 Å². The topological polar surface area (TPSA) is 56.4 Å². The molecule has 0 aliphatic carbocycles. The average molecular weight is 160 g/mol. The molecule has 0 heterocycles. The Bertz CT molecular complexity index is 326. The lowest BCUT2D eigenvalue weighted by molar-refractivity contribution is 0.322. The van der Waals surface area contributed by atoms with Crippen molar-refractivity contribution in [2.45, 2.75) is 6.42 Å². The van der Waals surface area contributed by atoms with E-state index in [1.54, 1.807) is 6.07 Å². The molecular formula is C9H8N2O. The lowest BCUT2D eigenvalue weighted by Gasteiger charge is -1.97. The molecule has 1 aromatic rings. The molecule has 0 aliphatic heterocycles. The van der Waals surface area contributed by atoms with Crippen molar-refractivity contribution in [3.05, 3.63) is 35.4 Å². The molecule has 0 atom stereocenters. The molecule has 0 unspecified atom stereocenters. The molecule has 1 N–H and O–H groups in total. The van der Waals surface area contributed by atoms with E-state index in [9.17, 15) is 0 Å². The average Bonchev–Trinajstić information content (AvgIpc) is 2.09. The quantitative estimate of drug-likeness (QED) is 0.405. The van der Waals surface area contributed by atoms with Crippen LogP contribution in [0, 0.1) is 11.3 Å². The summed E-state index contributed by atoms with van der Waals surface area (Å²) in [5.74, 6) is 0. The molecule has 0 radical (unpaired) electrons. The third-order valence-corrected chi connectivity index (χ3v) is 1.52. The maximum Gasteiger partial charge on any atom is 0.0736 e. The lowest BCUT2D eigenvalue weighted by Crippen LogP contribution is -1.90. The summed E-state index contributed by atoms with van der Waals surface area (Å²) in [5, 5.41) is 19.7. The summed E-state index contributed by atoms with van der Waals surface area (Å²) in [5.41, 5.74) is 1.65. The van der Waals surface area contributed by atoms with Crippen molar-refractivity contribution in [3.8, 4) is 6.07 Å². The summed E-state index contributed by atoms with van der Waals surface area (Å²) >= 11 is 0. The standard InChI is InChI=1S/C9H8N2O/c10-6-5-8-3-1-2-4-9(8)7-11-12/h1-4,7,12H,5H2. The predicted octanol–water partition coefficient (Wildman–Crippen LogP) is 1.56. The van der Waals surface area contributed by atoms with Crippen LogP contribution in [0.2, 0.25) is 0 Å². The molecule has 0 bridgehead atoms. The summed E-state index contributed by atoms with van der Waals surface area (Å²) in [4.78, 5) is 0. The van der Waals surface area contributed by atoms with E-state index in [2.05, 4.69) is 5.16 Å². The second kappa shape index (κ2) is 4.14. The van der Waals surface area contributed by atoms with Crippen LogP contribution >= 0.6 is 0 Å². The number of nitrogens with zero attached hydrogens (tertiary/aromatic N) is 2. The monoisotopic (exact) mass is 160 g/mol. The lowest BCUT2D eigenvalue weighted by atomic mass is 10.1. The Balaban J connectivity index is 3.01. The van der Waals surface area contributed by atoms with Crippen molar-refractivity contribution in [1.29, 1.82) is 5.26 Å². The summed E-state index contributed by atoms with van der Waals surface area (Å²) in [7, 11) is 0. The van der Waals surface area contributed by atoms with Crippen LogP contribution in [0.1, 0.15) is 11.1 Å². The van der Waals surface area contributed by atoms with Crippen LogP contribution in [0.4, 0.5) is 0 Å². The molecule has 1 aromatic carbocycles. The Morgan fingerprint density at radius 2 is 2.25 bits per heavy atom. The zero-order valence-corrected chi connectivity index (χ0v) is 6.44. The number of hydrogen-bond acceptors (Lipinski definition) is 3. The maximum atomic E-state index is 8.46. The maximum absolute atomic E-state index is 8.46. The second-order valence-corrected chi connectivity index (χ2v) is 2.28. The van der Waals surface area contributed by atoms with E-state index in [4.69, 9.17) is 10.5 Å². The van der Waals surface area contributed by atoms with Gasteiger partial charge in [-0.15, -0.1) is 0 Å². The van der Waals surface area contributed by atoms with Crippen molar-refractivity contribution in [2.75, 3.05) is 0 Å². The van der Waals surface area contributed by atoms with E-state index < -0.39 is 0 Å². The third-order valence-electron chi connectivity index (χ3n) is 1.52. The smallest absolute Gasteiger partial charge is 0.0736 e. The van der Waals surface area contributed by atoms with Crippen LogP contribution in [0.3, 0.4) is 0 Å². The minimum atomic E-state index is 0.336. The van der Waals surface area contributed by atoms with Crippen LogP contribution in [-0.2, 0) is 6.42 Å². The fourth-order valence-corrected chi connectivity index (χ4v) is 0.969. The fraction of sp³-hybridized carbons (Fsp3) is 0.111. The Morgan fingerprint density at radius 3 is 2.92 bits per heavy atom. The first-order chi connectivity index (χ1) is 5.88. The summed E-state index contributed by atoms with van der Waals surface area (Å²) in [6.07, 6.45) is 1.66. The van der Waals surface area contributed by atoms with E-state index >= 15 is 0 Å². The van der Waals surface area contributed by atoms with Crippen LogP contribution in [-0.4, -0.2) is 11.4 Å². The Labute approximate surface area is 70.6 Å². The minimum Gasteiger partial charge on any atom is -0.411 e. The number of benzene rings is 1. The van der Waals surface area contributed by atoms with Gasteiger partial charge in [0.25, 0.3) is 0 Å². The highest BCUT2D eigenvalue weighted by atomic mass is 16.4. The van der Waals surface area contributed by atoms with Crippen molar-refractivity contribution < 1.29 is 5.21 Å². The molecule has 3 nitrogen and oxygen atoms in total. The van der Waals surface area contributed by atoms with Gasteiger partial charge in [-0.2, -0.15) is 5.26 Å². The summed E-state index contributed by atoms with van der Waals surface area (Å²) in [6, 6.07) is 9.35. The minimum absolute atomic E-state index is 0.336. The van der Waals surface area contributed by atoms with Gasteiger partial charge in [0, 0.05) is 5.56 Å². The van der Waals surface area contributed by atoms with Crippen molar-refractivity contribution in [2.24, 2.45) is 5.16 Å². The van der Waals surface area contributed by atoms with Gasteiger partial charge in [0.2, 0.25) is 0 Å². The molecule has 60 valence electrons. The van der Waals surface area contributed by atoms with Gasteiger partial charge in [-0.3, -0.25) is 0 Å². The van der Waals surface area contributed by atoms with E-state index in [1.807, 2.05) is 24.3 Å². The van der Waals surface area contributed by atoms with Crippen LogP contribution < -0.4 is 0 Å². The highest BCUT2D eigenvalue weighted by Crippen LogP contribution is 2.06. The molecule has 0 saturated heterocycles. The molecule has 12 heavy (non-hydrogen) atoms. The molecule has 3 heteroatoms. The van der Waals surface area contributed by atoms with Gasteiger partial charge in [0.15, 0.2) is 0 Å². The summed E-state index contributed by atoms with van der Waals surface area (Å²) < 4.78 is 0. The highest BCUT2D eigenvalue weighted by Gasteiger charge is 1.96. The van der Waals surface area contributed by atoms with Gasteiger partial charge in [-0.25, -0.2) is 0 Å². The van der Waals surface area contributed by atoms with Crippen molar-refractivity contribution in [1.82, 2.24) is 0 Å². The second-order valence-electron chi connectivity index (χ2n) is 2.28. The van der Waals surface area contributed by atoms with Crippen molar-refractivity contribution in [3.63, 3.8) is 0 Å². The molecule has 0 spiro atoms. The molecular weight excluding hydrogens is 152 g/mol. The van der Waals surface area contributed by atoms with Crippen LogP contribution in [0.25, 0.3) is 0 Å². The van der Waals surface area contributed by atoms with Gasteiger partial charge in [-0.05, 0) is 5.56 Å². The number of nitriles is 1. The van der Waals surface area contributed by atoms with E-state index in [-0.39, 0.29) is 0 Å². The highest BCUT2D eigenvalue weighted by molar-refractivity contribution is 5.81. The van der Waals surface area contributed by atoms with E-state index in [0.717, 1.165) is 11.1 Å². The predicted molar refractivity (Wildman–Crippen MR) is 45.1 cm³/mol. The molecule has 1 rings (SSSR count). The van der Waals surface area contributed by atoms with Crippen molar-refractivity contribution >= 4 is 6.21 Å². The fourth-order valence-electron chi connectivity index (χ4n) is 0.969. The number of rotatable bonds is 2. The van der Waals surface area contributed by atoms with Gasteiger partial charge in [-0.1, -0.05) is 29.4 Å². The normalized spacial score (nSPS) is 9.92. The first-order valence-corrected chi connectivity index (χ1v) is 3.50. The Kier molecular flexibility index (Phi) is 2.86. The Hall–Kier alpha value is -1.82. The van der Waals surface area contributed by atoms with Crippen LogP contribution in [0.15, 0.2) is 29.4 Å². The number of oxime groups is 1. The van der Waals surface area contributed by atoms with E-state index in [1.165, 1.54) is 6.21 Å². The van der Waals surface area contributed by atoms with Gasteiger partial charge >= 0.3 is 0 Å². The first kappa shape index (κ1) is 8.28. The zero-order chi connectivity index (χ0) is 8.81. The molecule has 0 fully saturated rings. The largest absolute Gasteiger partial charge is 0.411 e. The third kappa shape index (κ3) is 1.83. The molecule has 0 aromatic heterocycles. The SMILES string of the molecule is N#CCc1ccccc1C=NO. The Morgan fingerprint density at radius 1 is 1.50 bits per heavy atom. The van der Waals surface area contributed by atoms with Gasteiger partial charge in [0.05, 0.1) is 18.7 Å². The van der Waals surface area contributed by atoms with Gasteiger partial charge < -0.3 is 5.21 Å². The molecule has 0 aliphatic rings. The van der Waals surface area contributed by atoms with Crippen LogP contribution in [0.5, 0.6) is 0 Å². The number of hydrogen-bond donors (Lipinski definition) is 1. The zero-order valence-electron chi connectivity index (χ0n) is 6.44. The first-order valence-electron chi connectivity index (χ1n) is 3.50. The molecule has 0 saturated carbocycles. The summed E-state index contributed by atoms with van der Waals surface area (Å²) in [6.45, 7) is 0.